The van der Waals surface area contributed by atoms with Crippen LogP contribution in [-0.4, -0.2) is 13.2 Å². The SMILES string of the molecule is Cc1cccc(-c2ccc(COCCCN)o2)c1C. The Morgan fingerprint density at radius 1 is 1.16 bits per heavy atom. The van der Waals surface area contributed by atoms with Crippen LogP contribution >= 0.6 is 0 Å². The molecule has 0 atom stereocenters. The summed E-state index contributed by atoms with van der Waals surface area (Å²) in [6.45, 7) is 6.07. The summed E-state index contributed by atoms with van der Waals surface area (Å²) in [5.74, 6) is 1.76. The van der Waals surface area contributed by atoms with Gasteiger partial charge in [-0.1, -0.05) is 18.2 Å². The number of nitrogens with two attached hydrogens (primary N) is 1. The van der Waals surface area contributed by atoms with E-state index in [2.05, 4.69) is 32.0 Å². The van der Waals surface area contributed by atoms with Gasteiger partial charge in [-0.15, -0.1) is 0 Å². The van der Waals surface area contributed by atoms with Crippen molar-refractivity contribution in [2.45, 2.75) is 26.9 Å². The molecule has 2 N–H and O–H groups in total. The largest absolute Gasteiger partial charge is 0.459 e. The highest BCUT2D eigenvalue weighted by Gasteiger charge is 2.08. The van der Waals surface area contributed by atoms with Crippen LogP contribution in [0.5, 0.6) is 0 Å². The molecule has 1 heterocycles. The van der Waals surface area contributed by atoms with Gasteiger partial charge in [0.25, 0.3) is 0 Å². The van der Waals surface area contributed by atoms with Crippen molar-refractivity contribution in [1.82, 2.24) is 0 Å². The summed E-state index contributed by atoms with van der Waals surface area (Å²) in [6, 6.07) is 10.2. The fourth-order valence-electron chi connectivity index (χ4n) is 1.98. The van der Waals surface area contributed by atoms with Gasteiger partial charge in [0.2, 0.25) is 0 Å². The van der Waals surface area contributed by atoms with Crippen molar-refractivity contribution in [1.29, 1.82) is 0 Å². The zero-order chi connectivity index (χ0) is 13.7. The van der Waals surface area contributed by atoms with Crippen molar-refractivity contribution in [3.8, 4) is 11.3 Å². The van der Waals surface area contributed by atoms with Crippen molar-refractivity contribution < 1.29 is 9.15 Å². The van der Waals surface area contributed by atoms with Crippen LogP contribution in [0.15, 0.2) is 34.7 Å². The van der Waals surface area contributed by atoms with Gasteiger partial charge in [0.05, 0.1) is 0 Å². The van der Waals surface area contributed by atoms with Crippen molar-refractivity contribution in [3.05, 3.63) is 47.2 Å². The summed E-state index contributed by atoms with van der Waals surface area (Å²) in [6.07, 6.45) is 0.880. The molecule has 0 saturated carbocycles. The van der Waals surface area contributed by atoms with E-state index in [-0.39, 0.29) is 0 Å². The molecule has 0 unspecified atom stereocenters. The molecular formula is C16H21NO2. The average molecular weight is 259 g/mol. The number of rotatable bonds is 6. The third-order valence-electron chi connectivity index (χ3n) is 3.27. The molecule has 0 aliphatic heterocycles. The number of aryl methyl sites for hydroxylation is 1. The van der Waals surface area contributed by atoms with Gasteiger partial charge in [-0.2, -0.15) is 0 Å². The van der Waals surface area contributed by atoms with E-state index in [4.69, 9.17) is 14.9 Å². The topological polar surface area (TPSA) is 48.4 Å². The van der Waals surface area contributed by atoms with Crippen LogP contribution in [0.1, 0.15) is 23.3 Å². The summed E-state index contributed by atoms with van der Waals surface area (Å²) in [7, 11) is 0. The molecule has 0 fully saturated rings. The number of hydrogen-bond donors (Lipinski definition) is 1. The molecule has 0 radical (unpaired) electrons. The molecule has 19 heavy (non-hydrogen) atoms. The van der Waals surface area contributed by atoms with Crippen LogP contribution in [0.25, 0.3) is 11.3 Å². The second-order valence-corrected chi connectivity index (χ2v) is 4.71. The Labute approximate surface area is 114 Å². The van der Waals surface area contributed by atoms with E-state index in [0.29, 0.717) is 19.8 Å². The normalized spacial score (nSPS) is 10.9. The second kappa shape index (κ2) is 6.55. The summed E-state index contributed by atoms with van der Waals surface area (Å²) in [5, 5.41) is 0. The van der Waals surface area contributed by atoms with E-state index >= 15 is 0 Å². The lowest BCUT2D eigenvalue weighted by Crippen LogP contribution is -2.03. The lowest BCUT2D eigenvalue weighted by Gasteiger charge is -2.05. The number of ether oxygens (including phenoxy) is 1. The van der Waals surface area contributed by atoms with Gasteiger partial charge in [-0.05, 0) is 50.1 Å². The third kappa shape index (κ3) is 3.46. The molecule has 0 saturated heterocycles. The fraction of sp³-hybridized carbons (Fsp3) is 0.375. The standard InChI is InChI=1S/C16H21NO2/c1-12-5-3-6-15(13(12)2)16-8-7-14(19-16)11-18-10-4-9-17/h3,5-8H,4,9-11,17H2,1-2H3. The maximum absolute atomic E-state index is 5.83. The molecule has 3 heteroatoms. The first-order chi connectivity index (χ1) is 9.22. The maximum Gasteiger partial charge on any atom is 0.134 e. The van der Waals surface area contributed by atoms with Crippen LogP contribution in [0.3, 0.4) is 0 Å². The monoisotopic (exact) mass is 259 g/mol. The van der Waals surface area contributed by atoms with E-state index in [1.165, 1.54) is 11.1 Å². The predicted octanol–water partition coefficient (Wildman–Crippen LogP) is 3.43. The van der Waals surface area contributed by atoms with Gasteiger partial charge in [-0.3, -0.25) is 0 Å². The van der Waals surface area contributed by atoms with E-state index in [1.54, 1.807) is 0 Å². The highest BCUT2D eigenvalue weighted by Crippen LogP contribution is 2.27. The number of benzene rings is 1. The van der Waals surface area contributed by atoms with Crippen molar-refractivity contribution >= 4 is 0 Å². The van der Waals surface area contributed by atoms with Crippen LogP contribution in [0, 0.1) is 13.8 Å². The van der Waals surface area contributed by atoms with E-state index in [0.717, 1.165) is 23.5 Å². The molecule has 0 aliphatic rings. The molecule has 2 aromatic rings. The Kier molecular flexibility index (Phi) is 4.77. The molecule has 1 aromatic carbocycles. The van der Waals surface area contributed by atoms with E-state index in [1.807, 2.05) is 12.1 Å². The molecule has 0 bridgehead atoms. The van der Waals surface area contributed by atoms with Gasteiger partial charge < -0.3 is 14.9 Å². The molecule has 1 aromatic heterocycles. The van der Waals surface area contributed by atoms with Gasteiger partial charge in [-0.25, -0.2) is 0 Å². The lowest BCUT2D eigenvalue weighted by molar-refractivity contribution is 0.106. The molecule has 2 rings (SSSR count). The van der Waals surface area contributed by atoms with Crippen LogP contribution in [-0.2, 0) is 11.3 Å². The van der Waals surface area contributed by atoms with Crippen LogP contribution in [0.2, 0.25) is 0 Å². The van der Waals surface area contributed by atoms with Crippen LogP contribution in [0.4, 0.5) is 0 Å². The predicted molar refractivity (Wildman–Crippen MR) is 76.9 cm³/mol. The average Bonchev–Trinajstić information content (AvgIpc) is 2.87. The Bertz CT molecular complexity index is 531. The highest BCUT2D eigenvalue weighted by atomic mass is 16.5. The maximum atomic E-state index is 5.83. The summed E-state index contributed by atoms with van der Waals surface area (Å²) in [4.78, 5) is 0. The third-order valence-corrected chi connectivity index (χ3v) is 3.27. The van der Waals surface area contributed by atoms with E-state index < -0.39 is 0 Å². The lowest BCUT2D eigenvalue weighted by atomic mass is 10.0. The first-order valence-electron chi connectivity index (χ1n) is 6.65. The second-order valence-electron chi connectivity index (χ2n) is 4.71. The smallest absolute Gasteiger partial charge is 0.134 e. The Morgan fingerprint density at radius 2 is 2.00 bits per heavy atom. The first kappa shape index (κ1) is 13.8. The Balaban J connectivity index is 2.06. The minimum Gasteiger partial charge on any atom is -0.459 e. The van der Waals surface area contributed by atoms with Crippen molar-refractivity contribution in [2.75, 3.05) is 13.2 Å². The number of hydrogen-bond acceptors (Lipinski definition) is 3. The Hall–Kier alpha value is -1.58. The summed E-state index contributed by atoms with van der Waals surface area (Å²) in [5.41, 5.74) is 9.09. The number of furan rings is 1. The van der Waals surface area contributed by atoms with Gasteiger partial charge in [0.1, 0.15) is 18.1 Å². The van der Waals surface area contributed by atoms with Crippen LogP contribution < -0.4 is 5.73 Å². The molecule has 3 nitrogen and oxygen atoms in total. The Morgan fingerprint density at radius 3 is 2.79 bits per heavy atom. The molecule has 0 amide bonds. The minimum absolute atomic E-state index is 0.505. The van der Waals surface area contributed by atoms with Crippen molar-refractivity contribution in [2.24, 2.45) is 5.73 Å². The van der Waals surface area contributed by atoms with Crippen molar-refractivity contribution in [3.63, 3.8) is 0 Å². The van der Waals surface area contributed by atoms with Gasteiger partial charge in [0, 0.05) is 12.2 Å². The minimum atomic E-state index is 0.505. The molecular weight excluding hydrogens is 238 g/mol. The zero-order valence-electron chi connectivity index (χ0n) is 11.6. The van der Waals surface area contributed by atoms with Gasteiger partial charge in [0.15, 0.2) is 0 Å². The molecule has 102 valence electrons. The quantitative estimate of drug-likeness (QED) is 0.808. The summed E-state index contributed by atoms with van der Waals surface area (Å²) < 4.78 is 11.3. The molecule has 0 aliphatic carbocycles. The van der Waals surface area contributed by atoms with Gasteiger partial charge >= 0.3 is 0 Å². The highest BCUT2D eigenvalue weighted by molar-refractivity contribution is 5.63. The fourth-order valence-corrected chi connectivity index (χ4v) is 1.98. The zero-order valence-corrected chi connectivity index (χ0v) is 11.6. The summed E-state index contributed by atoms with van der Waals surface area (Å²) >= 11 is 0. The molecule has 0 spiro atoms. The van der Waals surface area contributed by atoms with E-state index in [9.17, 15) is 0 Å². The first-order valence-corrected chi connectivity index (χ1v) is 6.65.